The molecule has 9 nitrogen and oxygen atoms in total. The summed E-state index contributed by atoms with van der Waals surface area (Å²) in [5, 5.41) is 8.34. The van der Waals surface area contributed by atoms with Crippen LogP contribution in [0.25, 0.3) is 28.3 Å². The lowest BCUT2D eigenvalue weighted by molar-refractivity contribution is -0.143. The number of imidazole rings is 1. The molecule has 13 heteroatoms. The van der Waals surface area contributed by atoms with E-state index in [2.05, 4.69) is 15.2 Å². The average Bonchev–Trinajstić information content (AvgIpc) is 3.52. The number of benzene rings is 2. The van der Waals surface area contributed by atoms with Gasteiger partial charge in [-0.15, -0.1) is 5.10 Å². The second-order valence-electron chi connectivity index (χ2n) is 8.49. The van der Waals surface area contributed by atoms with Gasteiger partial charge in [0, 0.05) is 25.2 Å². The van der Waals surface area contributed by atoms with Crippen molar-refractivity contribution < 1.29 is 25.8 Å². The van der Waals surface area contributed by atoms with E-state index < -0.39 is 22.0 Å². The molecule has 3 aromatic heterocycles. The standard InChI is InChI=1S/C24H21F3N6O3S/c1-15-4-10-18(11-5-15)37(34,35)36-14-22-30-33-13-20(28-23(33)31(22)2)17-8-6-16(7-9-17)19-12-21(24(25,26)27)32(3)29-19/h4-13H,14H2,1-3H3. The van der Waals surface area contributed by atoms with Crippen LogP contribution in [0.2, 0.25) is 0 Å². The van der Waals surface area contributed by atoms with E-state index in [0.717, 1.165) is 21.9 Å². The maximum Gasteiger partial charge on any atom is 0.433 e. The van der Waals surface area contributed by atoms with Crippen molar-refractivity contribution in [2.24, 2.45) is 14.1 Å². The molecule has 0 aliphatic rings. The second-order valence-corrected chi connectivity index (χ2v) is 10.1. The number of alkyl halides is 3. The molecule has 192 valence electrons. The van der Waals surface area contributed by atoms with Crippen LogP contribution in [-0.4, -0.2) is 37.4 Å². The van der Waals surface area contributed by atoms with Gasteiger partial charge in [-0.3, -0.25) is 13.4 Å². The molecule has 5 rings (SSSR count). The first-order valence-corrected chi connectivity index (χ1v) is 12.4. The van der Waals surface area contributed by atoms with Gasteiger partial charge in [0.1, 0.15) is 12.3 Å². The Hall–Kier alpha value is -3.97. The molecule has 0 aliphatic carbocycles. The van der Waals surface area contributed by atoms with Crippen molar-refractivity contribution >= 4 is 15.9 Å². The largest absolute Gasteiger partial charge is 0.433 e. The van der Waals surface area contributed by atoms with E-state index in [0.29, 0.717) is 22.9 Å². The molecule has 0 amide bonds. The van der Waals surface area contributed by atoms with Crippen LogP contribution in [0.5, 0.6) is 0 Å². The number of aromatic nitrogens is 6. The summed E-state index contributed by atoms with van der Waals surface area (Å²) in [5.74, 6) is 0.820. The topological polar surface area (TPSA) is 96.3 Å². The van der Waals surface area contributed by atoms with Crippen molar-refractivity contribution in [2.75, 3.05) is 0 Å². The summed E-state index contributed by atoms with van der Waals surface area (Å²) in [6.45, 7) is 1.58. The number of hydrogen-bond donors (Lipinski definition) is 0. The van der Waals surface area contributed by atoms with Crippen molar-refractivity contribution in [2.45, 2.75) is 24.6 Å². The average molecular weight is 531 g/mol. The Morgan fingerprint density at radius 2 is 1.54 bits per heavy atom. The summed E-state index contributed by atoms with van der Waals surface area (Å²) < 4.78 is 73.3. The van der Waals surface area contributed by atoms with Gasteiger partial charge in [0.15, 0.2) is 5.82 Å². The van der Waals surface area contributed by atoms with Crippen LogP contribution in [0.4, 0.5) is 13.2 Å². The van der Waals surface area contributed by atoms with Crippen molar-refractivity contribution in [3.8, 4) is 22.5 Å². The molecule has 3 heterocycles. The minimum absolute atomic E-state index is 0.0585. The molecule has 0 N–H and O–H groups in total. The van der Waals surface area contributed by atoms with Gasteiger partial charge in [-0.2, -0.15) is 26.7 Å². The Morgan fingerprint density at radius 3 is 2.11 bits per heavy atom. The van der Waals surface area contributed by atoms with Gasteiger partial charge in [-0.05, 0) is 25.1 Å². The first-order valence-electron chi connectivity index (χ1n) is 11.0. The summed E-state index contributed by atoms with van der Waals surface area (Å²) in [6, 6.07) is 14.2. The zero-order valence-corrected chi connectivity index (χ0v) is 20.7. The maximum absolute atomic E-state index is 13.1. The Morgan fingerprint density at radius 1 is 0.919 bits per heavy atom. The van der Waals surface area contributed by atoms with E-state index in [1.807, 2.05) is 6.92 Å². The quantitative estimate of drug-likeness (QED) is 0.303. The van der Waals surface area contributed by atoms with Crippen LogP contribution in [-0.2, 0) is 41.2 Å². The molecule has 5 aromatic rings. The number of hydrogen-bond acceptors (Lipinski definition) is 6. The number of rotatable bonds is 6. The normalized spacial score (nSPS) is 12.5. The lowest BCUT2D eigenvalue weighted by atomic mass is 10.1. The third-order valence-corrected chi connectivity index (χ3v) is 7.16. The third kappa shape index (κ3) is 4.74. The predicted molar refractivity (Wildman–Crippen MR) is 128 cm³/mol. The fourth-order valence-corrected chi connectivity index (χ4v) is 4.69. The van der Waals surface area contributed by atoms with Crippen LogP contribution >= 0.6 is 0 Å². The van der Waals surface area contributed by atoms with Gasteiger partial charge in [-0.25, -0.2) is 9.50 Å². The summed E-state index contributed by atoms with van der Waals surface area (Å²) in [4.78, 5) is 4.62. The molecule has 2 aromatic carbocycles. The number of aryl methyl sites for hydroxylation is 3. The monoisotopic (exact) mass is 530 g/mol. The van der Waals surface area contributed by atoms with Crippen LogP contribution in [0.1, 0.15) is 17.1 Å². The van der Waals surface area contributed by atoms with E-state index >= 15 is 0 Å². The Bertz CT molecular complexity index is 1700. The van der Waals surface area contributed by atoms with Gasteiger partial charge < -0.3 is 0 Å². The molecule has 0 fully saturated rings. The van der Waals surface area contributed by atoms with Crippen LogP contribution in [0.15, 0.2) is 65.7 Å². The molecular formula is C24H21F3N6O3S. The number of nitrogens with zero attached hydrogens (tertiary/aromatic N) is 6. The highest BCUT2D eigenvalue weighted by molar-refractivity contribution is 7.86. The molecule has 0 aliphatic heterocycles. The molecule has 0 spiro atoms. The fraction of sp³-hybridized carbons (Fsp3) is 0.208. The zero-order valence-electron chi connectivity index (χ0n) is 19.9. The summed E-state index contributed by atoms with van der Waals surface area (Å²) in [5.41, 5.74) is 2.16. The molecule has 0 saturated carbocycles. The van der Waals surface area contributed by atoms with Gasteiger partial charge in [-0.1, -0.05) is 42.0 Å². The third-order valence-electron chi connectivity index (χ3n) is 5.88. The van der Waals surface area contributed by atoms with Crippen molar-refractivity contribution in [3.63, 3.8) is 0 Å². The Labute approximate surface area is 209 Å². The molecule has 0 atom stereocenters. The lowest BCUT2D eigenvalue weighted by Crippen LogP contribution is -2.11. The van der Waals surface area contributed by atoms with Crippen LogP contribution in [0, 0.1) is 6.92 Å². The van der Waals surface area contributed by atoms with Crippen molar-refractivity contribution in [3.05, 3.63) is 77.9 Å². The van der Waals surface area contributed by atoms with Gasteiger partial charge in [0.2, 0.25) is 5.78 Å². The summed E-state index contributed by atoms with van der Waals surface area (Å²) in [7, 11) is -1.01. The van der Waals surface area contributed by atoms with Gasteiger partial charge in [0.25, 0.3) is 10.1 Å². The number of halogens is 3. The number of fused-ring (bicyclic) bond motifs is 1. The molecule has 37 heavy (non-hydrogen) atoms. The van der Waals surface area contributed by atoms with Crippen LogP contribution < -0.4 is 0 Å². The Balaban J connectivity index is 1.34. The molecular weight excluding hydrogens is 509 g/mol. The van der Waals surface area contributed by atoms with E-state index in [-0.39, 0.29) is 17.2 Å². The minimum Gasteiger partial charge on any atom is -0.298 e. The Kier molecular flexibility index (Phi) is 5.91. The first-order chi connectivity index (χ1) is 17.4. The minimum atomic E-state index is -4.49. The van der Waals surface area contributed by atoms with Crippen molar-refractivity contribution in [1.29, 1.82) is 0 Å². The molecule has 0 saturated heterocycles. The highest BCUT2D eigenvalue weighted by Crippen LogP contribution is 2.32. The molecule has 0 bridgehead atoms. The lowest BCUT2D eigenvalue weighted by Gasteiger charge is -2.05. The van der Waals surface area contributed by atoms with Gasteiger partial charge in [0.05, 0.1) is 22.5 Å². The smallest absolute Gasteiger partial charge is 0.298 e. The molecule has 0 unspecified atom stereocenters. The van der Waals surface area contributed by atoms with E-state index in [4.69, 9.17) is 4.18 Å². The van der Waals surface area contributed by atoms with E-state index in [1.54, 1.807) is 54.2 Å². The summed E-state index contributed by atoms with van der Waals surface area (Å²) >= 11 is 0. The fourth-order valence-electron chi connectivity index (χ4n) is 3.82. The SMILES string of the molecule is Cc1ccc(S(=O)(=O)OCc2nn3cc(-c4ccc(-c5cc(C(F)(F)F)n(C)n5)cc4)nc3n2C)cc1. The summed E-state index contributed by atoms with van der Waals surface area (Å²) in [6.07, 6.45) is -2.82. The van der Waals surface area contributed by atoms with E-state index in [1.165, 1.54) is 23.7 Å². The van der Waals surface area contributed by atoms with E-state index in [9.17, 15) is 21.6 Å². The highest BCUT2D eigenvalue weighted by atomic mass is 32.2. The zero-order chi connectivity index (χ0) is 26.5. The molecule has 0 radical (unpaired) electrons. The van der Waals surface area contributed by atoms with Crippen LogP contribution in [0.3, 0.4) is 0 Å². The van der Waals surface area contributed by atoms with Crippen molar-refractivity contribution in [1.82, 2.24) is 28.9 Å². The van der Waals surface area contributed by atoms with Gasteiger partial charge >= 0.3 is 6.18 Å². The maximum atomic E-state index is 13.1. The predicted octanol–water partition coefficient (Wildman–Crippen LogP) is 4.37. The first kappa shape index (κ1) is 24.7. The highest BCUT2D eigenvalue weighted by Gasteiger charge is 2.35. The second kappa shape index (κ2) is 8.85.